The van der Waals surface area contributed by atoms with Crippen molar-refractivity contribution in [3.05, 3.63) is 27.1 Å². The maximum Gasteiger partial charge on any atom is 0.291 e. The summed E-state index contributed by atoms with van der Waals surface area (Å²) in [7, 11) is 1.43. The van der Waals surface area contributed by atoms with Crippen molar-refractivity contribution >= 4 is 0 Å². The molecule has 3 atom stereocenters. The van der Waals surface area contributed by atoms with Gasteiger partial charge in [0, 0.05) is 5.56 Å². The van der Waals surface area contributed by atoms with E-state index in [1.54, 1.807) is 20.8 Å². The van der Waals surface area contributed by atoms with Crippen LogP contribution in [-0.2, 0) is 0 Å². The Morgan fingerprint density at radius 2 is 1.76 bits per heavy atom. The molecule has 5 heteroatoms. The molecule has 0 spiro atoms. The van der Waals surface area contributed by atoms with Gasteiger partial charge in [0.2, 0.25) is 0 Å². The molecule has 1 heterocycles. The van der Waals surface area contributed by atoms with E-state index in [0.717, 1.165) is 12.8 Å². The Hall–Kier alpha value is -1.33. The summed E-state index contributed by atoms with van der Waals surface area (Å²) in [6, 6.07) is 0. The second kappa shape index (κ2) is 7.61. The highest BCUT2D eigenvalue weighted by molar-refractivity contribution is 5.30. The van der Waals surface area contributed by atoms with Gasteiger partial charge in [0.05, 0.1) is 18.8 Å². The van der Waals surface area contributed by atoms with E-state index >= 15 is 0 Å². The zero-order valence-electron chi connectivity index (χ0n) is 13.5. The highest BCUT2D eigenvalue weighted by Crippen LogP contribution is 2.27. The standard InChI is InChI=1S/C16H26O5/c1-9(12(4)17)7-6-8-13(18)15-10(2)14(19)11(3)16(20-5)21-15/h9,12-13,17-18H,6-8H2,1-5H3/t9-,12-,13-/m0/s1. The fraction of sp³-hybridized carbons (Fsp3) is 0.688. The van der Waals surface area contributed by atoms with Crippen LogP contribution in [0.2, 0.25) is 0 Å². The SMILES string of the molecule is COc1oc([C@@H](O)CCC[C@H](C)[C@H](C)O)c(C)c(=O)c1C. The zero-order valence-corrected chi connectivity index (χ0v) is 13.5. The largest absolute Gasteiger partial charge is 0.468 e. The molecule has 0 unspecified atom stereocenters. The van der Waals surface area contributed by atoms with Crippen LogP contribution in [0.15, 0.2) is 9.21 Å². The normalized spacial score (nSPS) is 15.6. The number of ether oxygens (including phenoxy) is 1. The average molecular weight is 298 g/mol. The number of aliphatic hydroxyl groups is 2. The lowest BCUT2D eigenvalue weighted by molar-refractivity contribution is 0.107. The molecule has 0 aliphatic rings. The van der Waals surface area contributed by atoms with Crippen molar-refractivity contribution < 1.29 is 19.4 Å². The van der Waals surface area contributed by atoms with E-state index in [2.05, 4.69) is 0 Å². The Morgan fingerprint density at radius 3 is 2.29 bits per heavy atom. The molecule has 21 heavy (non-hydrogen) atoms. The second-order valence-corrected chi connectivity index (χ2v) is 5.70. The van der Waals surface area contributed by atoms with Gasteiger partial charge < -0.3 is 19.4 Å². The van der Waals surface area contributed by atoms with Crippen molar-refractivity contribution in [2.75, 3.05) is 7.11 Å². The smallest absolute Gasteiger partial charge is 0.291 e. The molecule has 0 bridgehead atoms. The van der Waals surface area contributed by atoms with Gasteiger partial charge in [-0.05, 0) is 39.5 Å². The van der Waals surface area contributed by atoms with Crippen LogP contribution in [0.25, 0.3) is 0 Å². The fourth-order valence-electron chi connectivity index (χ4n) is 2.26. The van der Waals surface area contributed by atoms with Gasteiger partial charge in [-0.15, -0.1) is 0 Å². The lowest BCUT2D eigenvalue weighted by Gasteiger charge is -2.17. The number of rotatable bonds is 7. The third-order valence-corrected chi connectivity index (χ3v) is 4.01. The first-order valence-corrected chi connectivity index (χ1v) is 7.33. The summed E-state index contributed by atoms with van der Waals surface area (Å²) in [4.78, 5) is 12.1. The van der Waals surface area contributed by atoms with Crippen LogP contribution in [0.4, 0.5) is 0 Å². The molecule has 0 radical (unpaired) electrons. The van der Waals surface area contributed by atoms with Gasteiger partial charge in [0.25, 0.3) is 5.95 Å². The van der Waals surface area contributed by atoms with Crippen LogP contribution in [-0.4, -0.2) is 23.4 Å². The number of methoxy groups -OCH3 is 1. The molecule has 0 aliphatic carbocycles. The molecule has 1 aromatic heterocycles. The van der Waals surface area contributed by atoms with Crippen molar-refractivity contribution in [3.63, 3.8) is 0 Å². The van der Waals surface area contributed by atoms with Crippen LogP contribution in [0.3, 0.4) is 0 Å². The third kappa shape index (κ3) is 4.32. The summed E-state index contributed by atoms with van der Waals surface area (Å²) in [5.41, 5.74) is 0.669. The van der Waals surface area contributed by atoms with Crippen LogP contribution in [0, 0.1) is 19.8 Å². The fourth-order valence-corrected chi connectivity index (χ4v) is 2.26. The van der Waals surface area contributed by atoms with E-state index in [4.69, 9.17) is 9.15 Å². The Balaban J connectivity index is 2.81. The molecule has 0 aliphatic heterocycles. The first kappa shape index (κ1) is 17.7. The van der Waals surface area contributed by atoms with Crippen LogP contribution >= 0.6 is 0 Å². The molecule has 0 aromatic carbocycles. The molecule has 120 valence electrons. The first-order chi connectivity index (χ1) is 9.79. The van der Waals surface area contributed by atoms with Crippen LogP contribution in [0.5, 0.6) is 5.95 Å². The van der Waals surface area contributed by atoms with Gasteiger partial charge in [-0.1, -0.05) is 13.3 Å². The quantitative estimate of drug-likeness (QED) is 0.808. The van der Waals surface area contributed by atoms with Crippen molar-refractivity contribution in [2.45, 2.75) is 59.2 Å². The van der Waals surface area contributed by atoms with E-state index in [-0.39, 0.29) is 29.2 Å². The first-order valence-electron chi connectivity index (χ1n) is 7.33. The Morgan fingerprint density at radius 1 is 1.14 bits per heavy atom. The maximum absolute atomic E-state index is 12.1. The molecule has 0 amide bonds. The van der Waals surface area contributed by atoms with Gasteiger partial charge in [0.1, 0.15) is 11.9 Å². The van der Waals surface area contributed by atoms with Gasteiger partial charge in [-0.25, -0.2) is 0 Å². The summed E-state index contributed by atoms with van der Waals surface area (Å²) >= 11 is 0. The minimum Gasteiger partial charge on any atom is -0.468 e. The summed E-state index contributed by atoms with van der Waals surface area (Å²) < 4.78 is 10.5. The summed E-state index contributed by atoms with van der Waals surface area (Å²) in [6.07, 6.45) is 0.829. The highest BCUT2D eigenvalue weighted by Gasteiger charge is 2.20. The van der Waals surface area contributed by atoms with E-state index in [0.29, 0.717) is 17.5 Å². The summed E-state index contributed by atoms with van der Waals surface area (Å²) in [5, 5.41) is 19.7. The molecule has 5 nitrogen and oxygen atoms in total. The summed E-state index contributed by atoms with van der Waals surface area (Å²) in [6.45, 7) is 7.01. The number of hydrogen-bond acceptors (Lipinski definition) is 5. The van der Waals surface area contributed by atoms with Crippen LogP contribution < -0.4 is 10.2 Å². The Kier molecular flexibility index (Phi) is 6.42. The lowest BCUT2D eigenvalue weighted by atomic mass is 9.97. The minimum atomic E-state index is -0.839. The lowest BCUT2D eigenvalue weighted by Crippen LogP contribution is -2.16. The third-order valence-electron chi connectivity index (χ3n) is 4.01. The maximum atomic E-state index is 12.1. The molecular formula is C16H26O5. The number of aliphatic hydroxyl groups excluding tert-OH is 2. The molecule has 2 N–H and O–H groups in total. The predicted octanol–water partition coefficient (Wildman–Crippen LogP) is 2.49. The molecule has 1 rings (SSSR count). The van der Waals surface area contributed by atoms with Crippen molar-refractivity contribution in [2.24, 2.45) is 5.92 Å². The van der Waals surface area contributed by atoms with Gasteiger partial charge in [-0.3, -0.25) is 4.79 Å². The molecule has 1 aromatic rings. The molecule has 0 saturated carbocycles. The Labute approximate surface area is 125 Å². The van der Waals surface area contributed by atoms with Gasteiger partial charge in [-0.2, -0.15) is 0 Å². The van der Waals surface area contributed by atoms with Gasteiger partial charge >= 0.3 is 0 Å². The highest BCUT2D eigenvalue weighted by atomic mass is 16.6. The van der Waals surface area contributed by atoms with Gasteiger partial charge in [0.15, 0.2) is 5.43 Å². The molecule has 0 saturated heterocycles. The van der Waals surface area contributed by atoms with Crippen molar-refractivity contribution in [1.29, 1.82) is 0 Å². The van der Waals surface area contributed by atoms with E-state index in [1.165, 1.54) is 7.11 Å². The monoisotopic (exact) mass is 298 g/mol. The van der Waals surface area contributed by atoms with Crippen LogP contribution in [0.1, 0.15) is 56.1 Å². The topological polar surface area (TPSA) is 79.9 Å². The summed E-state index contributed by atoms with van der Waals surface area (Å²) in [5.74, 6) is 0.599. The average Bonchev–Trinajstić information content (AvgIpc) is 2.44. The minimum absolute atomic E-state index is 0.150. The number of hydrogen-bond donors (Lipinski definition) is 2. The molecule has 0 fully saturated rings. The van der Waals surface area contributed by atoms with E-state index in [1.807, 2.05) is 6.92 Å². The zero-order chi connectivity index (χ0) is 16.2. The molecular weight excluding hydrogens is 272 g/mol. The van der Waals surface area contributed by atoms with Crippen molar-refractivity contribution in [3.8, 4) is 5.95 Å². The van der Waals surface area contributed by atoms with E-state index < -0.39 is 6.10 Å². The predicted molar refractivity (Wildman–Crippen MR) is 80.7 cm³/mol. The van der Waals surface area contributed by atoms with Crippen molar-refractivity contribution in [1.82, 2.24) is 0 Å². The second-order valence-electron chi connectivity index (χ2n) is 5.70. The Bertz CT molecular complexity index is 518. The van der Waals surface area contributed by atoms with E-state index in [9.17, 15) is 15.0 Å².